The number of carbonyl (C=O) groups is 1. The predicted molar refractivity (Wildman–Crippen MR) is 94.0 cm³/mol. The third-order valence-corrected chi connectivity index (χ3v) is 4.73. The second-order valence-corrected chi connectivity index (χ2v) is 6.85. The molecule has 0 fully saturated rings. The lowest BCUT2D eigenvalue weighted by Crippen LogP contribution is -2.05. The van der Waals surface area contributed by atoms with Crippen LogP contribution in [0, 0.1) is 17.5 Å². The zero-order chi connectivity index (χ0) is 19.6. The predicted octanol–water partition coefficient (Wildman–Crippen LogP) is 5.08. The summed E-state index contributed by atoms with van der Waals surface area (Å²) in [6.45, 7) is -0.525. The Morgan fingerprint density at radius 2 is 1.93 bits per heavy atom. The number of carboxylic acid groups (broad SMARTS) is 1. The Morgan fingerprint density at radius 1 is 1.19 bits per heavy atom. The van der Waals surface area contributed by atoms with E-state index in [-0.39, 0.29) is 17.9 Å². The molecule has 0 spiro atoms. The number of thiazole rings is 1. The number of nitrogens with zero attached hydrogens (tertiary/aromatic N) is 1. The fourth-order valence-electron chi connectivity index (χ4n) is 2.33. The van der Waals surface area contributed by atoms with Gasteiger partial charge in [-0.1, -0.05) is 11.6 Å². The molecule has 0 amide bonds. The maximum Gasteiger partial charge on any atom is 0.355 e. The Balaban J connectivity index is 1.84. The van der Waals surface area contributed by atoms with Gasteiger partial charge in [-0.15, -0.1) is 11.3 Å². The number of halogens is 4. The summed E-state index contributed by atoms with van der Waals surface area (Å²) in [5.74, 6) is -4.27. The summed E-state index contributed by atoms with van der Waals surface area (Å²) in [7, 11) is 0. The molecule has 0 bridgehead atoms. The van der Waals surface area contributed by atoms with E-state index in [2.05, 4.69) is 4.98 Å². The maximum atomic E-state index is 13.8. The van der Waals surface area contributed by atoms with Crippen molar-refractivity contribution in [2.45, 2.75) is 13.0 Å². The molecular formula is C18H11ClF3NO3S. The lowest BCUT2D eigenvalue weighted by molar-refractivity contribution is 0.0691. The van der Waals surface area contributed by atoms with Crippen molar-refractivity contribution < 1.29 is 27.8 Å². The van der Waals surface area contributed by atoms with Gasteiger partial charge in [-0.3, -0.25) is 0 Å². The molecule has 0 saturated heterocycles. The third-order valence-electron chi connectivity index (χ3n) is 3.65. The van der Waals surface area contributed by atoms with Crippen LogP contribution < -0.4 is 4.74 Å². The summed E-state index contributed by atoms with van der Waals surface area (Å²) in [6.07, 6.45) is 0.210. The molecular weight excluding hydrogens is 403 g/mol. The highest BCUT2D eigenvalue weighted by Crippen LogP contribution is 2.28. The molecule has 0 unspecified atom stereocenters. The zero-order valence-corrected chi connectivity index (χ0v) is 15.1. The molecule has 0 aliphatic heterocycles. The number of hydrogen-bond donors (Lipinski definition) is 1. The number of aromatic nitrogens is 1. The van der Waals surface area contributed by atoms with Crippen LogP contribution in [-0.4, -0.2) is 16.1 Å². The van der Waals surface area contributed by atoms with Crippen LogP contribution in [0.2, 0.25) is 5.02 Å². The van der Waals surface area contributed by atoms with E-state index in [1.165, 1.54) is 17.5 Å². The van der Waals surface area contributed by atoms with Crippen LogP contribution in [-0.2, 0) is 13.0 Å². The monoisotopic (exact) mass is 413 g/mol. The molecule has 0 aliphatic carbocycles. The summed E-state index contributed by atoms with van der Waals surface area (Å²) < 4.78 is 46.3. The van der Waals surface area contributed by atoms with Crippen molar-refractivity contribution in [3.63, 3.8) is 0 Å². The van der Waals surface area contributed by atoms with Gasteiger partial charge in [0.25, 0.3) is 0 Å². The molecule has 1 N–H and O–H groups in total. The van der Waals surface area contributed by atoms with E-state index in [1.54, 1.807) is 6.07 Å². The van der Waals surface area contributed by atoms with Gasteiger partial charge in [0.15, 0.2) is 17.3 Å². The number of rotatable bonds is 6. The van der Waals surface area contributed by atoms with Crippen molar-refractivity contribution in [2.24, 2.45) is 0 Å². The van der Waals surface area contributed by atoms with E-state index in [0.29, 0.717) is 21.7 Å². The number of hydrogen-bond acceptors (Lipinski definition) is 4. The first kappa shape index (κ1) is 19.2. The quantitative estimate of drug-likeness (QED) is 0.572. The highest BCUT2D eigenvalue weighted by Gasteiger charge is 2.16. The lowest BCUT2D eigenvalue weighted by Gasteiger charge is -2.12. The van der Waals surface area contributed by atoms with E-state index in [9.17, 15) is 18.0 Å². The van der Waals surface area contributed by atoms with Crippen LogP contribution in [0.5, 0.6) is 5.75 Å². The Labute approximate surface area is 160 Å². The topological polar surface area (TPSA) is 59.4 Å². The molecule has 0 aliphatic rings. The summed E-state index contributed by atoms with van der Waals surface area (Å²) in [4.78, 5) is 14.9. The Kier molecular flexibility index (Phi) is 5.67. The molecule has 4 nitrogen and oxygen atoms in total. The fourth-order valence-corrected chi connectivity index (χ4v) is 3.32. The van der Waals surface area contributed by atoms with Crippen molar-refractivity contribution >= 4 is 28.9 Å². The summed E-state index contributed by atoms with van der Waals surface area (Å²) in [6, 6.07) is 6.14. The molecule has 9 heteroatoms. The van der Waals surface area contributed by atoms with Gasteiger partial charge in [0.05, 0.1) is 10.6 Å². The van der Waals surface area contributed by atoms with Crippen molar-refractivity contribution in [3.8, 4) is 5.75 Å². The molecule has 2 aromatic carbocycles. The fraction of sp³-hybridized carbons (Fsp3) is 0.111. The average Bonchev–Trinajstić information content (AvgIpc) is 3.09. The standard InChI is InChI=1S/C18H11ClF3NO3S/c19-10-1-4-15(26-7-11-12(20)2-3-13(21)17(11)22)9(5-10)6-16-23-14(8-27-16)18(24)25/h1-5,8H,6-7H2,(H,24,25). The Bertz CT molecular complexity index is 1010. The maximum absolute atomic E-state index is 13.8. The number of benzene rings is 2. The second-order valence-electron chi connectivity index (χ2n) is 5.47. The van der Waals surface area contributed by atoms with E-state index in [4.69, 9.17) is 21.4 Å². The SMILES string of the molecule is O=C(O)c1csc(Cc2cc(Cl)ccc2OCc2c(F)ccc(F)c2F)n1. The molecule has 1 aromatic heterocycles. The van der Waals surface area contributed by atoms with E-state index in [0.717, 1.165) is 17.4 Å². The van der Waals surface area contributed by atoms with Gasteiger partial charge in [-0.05, 0) is 30.3 Å². The molecule has 1 heterocycles. The molecule has 0 atom stereocenters. The minimum atomic E-state index is -1.31. The normalized spacial score (nSPS) is 10.8. The minimum absolute atomic E-state index is 0.0802. The van der Waals surface area contributed by atoms with Crippen LogP contribution in [0.3, 0.4) is 0 Å². The van der Waals surface area contributed by atoms with Crippen LogP contribution >= 0.6 is 22.9 Å². The van der Waals surface area contributed by atoms with E-state index >= 15 is 0 Å². The molecule has 3 rings (SSSR count). The van der Waals surface area contributed by atoms with Gasteiger partial charge in [-0.25, -0.2) is 22.9 Å². The van der Waals surface area contributed by atoms with Crippen molar-refractivity contribution in [1.82, 2.24) is 4.98 Å². The first-order valence-corrected chi connectivity index (χ1v) is 8.82. The Morgan fingerprint density at radius 3 is 2.63 bits per heavy atom. The Hall–Kier alpha value is -2.58. The van der Waals surface area contributed by atoms with Gasteiger partial charge < -0.3 is 9.84 Å². The largest absolute Gasteiger partial charge is 0.488 e. The van der Waals surface area contributed by atoms with Crippen LogP contribution in [0.15, 0.2) is 35.7 Å². The van der Waals surface area contributed by atoms with Crippen LogP contribution in [0.4, 0.5) is 13.2 Å². The van der Waals surface area contributed by atoms with Crippen molar-refractivity contribution in [3.05, 3.63) is 80.0 Å². The summed E-state index contributed by atoms with van der Waals surface area (Å²) in [5, 5.41) is 11.2. The summed E-state index contributed by atoms with van der Waals surface area (Å²) in [5.41, 5.74) is -0.0623. The van der Waals surface area contributed by atoms with Gasteiger partial charge in [0, 0.05) is 22.4 Å². The molecule has 27 heavy (non-hydrogen) atoms. The van der Waals surface area contributed by atoms with Gasteiger partial charge in [0.1, 0.15) is 18.2 Å². The second kappa shape index (κ2) is 7.98. The molecule has 0 saturated carbocycles. The van der Waals surface area contributed by atoms with Gasteiger partial charge >= 0.3 is 5.97 Å². The van der Waals surface area contributed by atoms with Gasteiger partial charge in [0.2, 0.25) is 0 Å². The first-order chi connectivity index (χ1) is 12.8. The molecule has 140 valence electrons. The third kappa shape index (κ3) is 4.40. The highest BCUT2D eigenvalue weighted by molar-refractivity contribution is 7.09. The van der Waals surface area contributed by atoms with Gasteiger partial charge in [-0.2, -0.15) is 0 Å². The van der Waals surface area contributed by atoms with Crippen molar-refractivity contribution in [1.29, 1.82) is 0 Å². The molecule has 3 aromatic rings. The van der Waals surface area contributed by atoms with E-state index < -0.39 is 35.6 Å². The molecule has 0 radical (unpaired) electrons. The highest BCUT2D eigenvalue weighted by atomic mass is 35.5. The van der Waals surface area contributed by atoms with Crippen LogP contribution in [0.25, 0.3) is 0 Å². The summed E-state index contributed by atoms with van der Waals surface area (Å²) >= 11 is 7.14. The lowest BCUT2D eigenvalue weighted by atomic mass is 10.1. The zero-order valence-electron chi connectivity index (χ0n) is 13.5. The number of carboxylic acids is 1. The average molecular weight is 414 g/mol. The van der Waals surface area contributed by atoms with Crippen LogP contribution in [0.1, 0.15) is 26.6 Å². The number of ether oxygens (including phenoxy) is 1. The number of aromatic carboxylic acids is 1. The van der Waals surface area contributed by atoms with Crippen molar-refractivity contribution in [2.75, 3.05) is 0 Å². The minimum Gasteiger partial charge on any atom is -0.488 e. The first-order valence-electron chi connectivity index (χ1n) is 7.56. The smallest absolute Gasteiger partial charge is 0.355 e. The van der Waals surface area contributed by atoms with E-state index in [1.807, 2.05) is 0 Å².